The van der Waals surface area contributed by atoms with Gasteiger partial charge in [0.25, 0.3) is 0 Å². The summed E-state index contributed by atoms with van der Waals surface area (Å²) < 4.78 is 11.1. The van der Waals surface area contributed by atoms with Gasteiger partial charge in [-0.1, -0.05) is 11.8 Å². The van der Waals surface area contributed by atoms with Crippen LogP contribution in [0.5, 0.6) is 5.75 Å². The average Bonchev–Trinajstić information content (AvgIpc) is 2.34. The molecule has 3 nitrogen and oxygen atoms in total. The molecule has 2 rings (SSSR count). The van der Waals surface area contributed by atoms with Crippen molar-refractivity contribution in [2.24, 2.45) is 0 Å². The minimum absolute atomic E-state index is 0.125. The number of ether oxygens (including phenoxy) is 2. The SMILES string of the molecule is COc1ccc(C#CCO)cc1COC1CCC1. The second-order valence-corrected chi connectivity index (χ2v) is 4.35. The lowest BCUT2D eigenvalue weighted by Crippen LogP contribution is -2.21. The van der Waals surface area contributed by atoms with Gasteiger partial charge in [-0.2, -0.15) is 0 Å². The van der Waals surface area contributed by atoms with Crippen molar-refractivity contribution in [2.75, 3.05) is 13.7 Å². The van der Waals surface area contributed by atoms with E-state index >= 15 is 0 Å². The van der Waals surface area contributed by atoms with Crippen molar-refractivity contribution in [2.45, 2.75) is 32.0 Å². The van der Waals surface area contributed by atoms with Gasteiger partial charge in [0.1, 0.15) is 12.4 Å². The maximum absolute atomic E-state index is 8.69. The topological polar surface area (TPSA) is 38.7 Å². The van der Waals surface area contributed by atoms with Gasteiger partial charge < -0.3 is 14.6 Å². The molecule has 1 fully saturated rings. The molecule has 0 heterocycles. The van der Waals surface area contributed by atoms with E-state index in [-0.39, 0.29) is 6.61 Å². The van der Waals surface area contributed by atoms with Gasteiger partial charge in [0.2, 0.25) is 0 Å². The van der Waals surface area contributed by atoms with Crippen LogP contribution in [-0.2, 0) is 11.3 Å². The van der Waals surface area contributed by atoms with Crippen LogP contribution >= 0.6 is 0 Å². The third-order valence-electron chi connectivity index (χ3n) is 3.12. The van der Waals surface area contributed by atoms with E-state index in [1.54, 1.807) is 7.11 Å². The van der Waals surface area contributed by atoms with Crippen molar-refractivity contribution in [3.8, 4) is 17.6 Å². The second kappa shape index (κ2) is 6.44. The Kier molecular flexibility index (Phi) is 4.63. The zero-order chi connectivity index (χ0) is 12.8. The van der Waals surface area contributed by atoms with E-state index < -0.39 is 0 Å². The highest BCUT2D eigenvalue weighted by Crippen LogP contribution is 2.26. The van der Waals surface area contributed by atoms with Crippen LogP contribution in [0.15, 0.2) is 18.2 Å². The smallest absolute Gasteiger partial charge is 0.124 e. The van der Waals surface area contributed by atoms with Gasteiger partial charge in [0.05, 0.1) is 19.8 Å². The summed E-state index contributed by atoms with van der Waals surface area (Å²) in [6.07, 6.45) is 3.99. The highest BCUT2D eigenvalue weighted by atomic mass is 16.5. The van der Waals surface area contributed by atoms with Crippen LogP contribution in [0, 0.1) is 11.8 Å². The molecule has 0 saturated heterocycles. The Bertz CT molecular complexity index is 453. The Balaban J connectivity index is 2.08. The van der Waals surface area contributed by atoms with E-state index in [1.807, 2.05) is 18.2 Å². The van der Waals surface area contributed by atoms with Crippen LogP contribution in [-0.4, -0.2) is 24.9 Å². The molecule has 1 aliphatic carbocycles. The largest absolute Gasteiger partial charge is 0.496 e. The quantitative estimate of drug-likeness (QED) is 0.827. The first-order chi connectivity index (χ1) is 8.83. The molecule has 0 radical (unpaired) electrons. The van der Waals surface area contributed by atoms with Crippen molar-refractivity contribution in [1.82, 2.24) is 0 Å². The van der Waals surface area contributed by atoms with Crippen LogP contribution < -0.4 is 4.74 Å². The number of aliphatic hydroxyl groups excluding tert-OH is 1. The molecular weight excluding hydrogens is 228 g/mol. The predicted octanol–water partition coefficient (Wildman–Crippen LogP) is 2.11. The molecular formula is C15H18O3. The van der Waals surface area contributed by atoms with Gasteiger partial charge in [-0.15, -0.1) is 0 Å². The zero-order valence-electron chi connectivity index (χ0n) is 10.6. The number of hydrogen-bond acceptors (Lipinski definition) is 3. The van der Waals surface area contributed by atoms with Crippen molar-refractivity contribution >= 4 is 0 Å². The van der Waals surface area contributed by atoms with Crippen molar-refractivity contribution in [3.05, 3.63) is 29.3 Å². The van der Waals surface area contributed by atoms with Gasteiger partial charge in [-0.3, -0.25) is 0 Å². The number of hydrogen-bond donors (Lipinski definition) is 1. The van der Waals surface area contributed by atoms with E-state index in [2.05, 4.69) is 11.8 Å². The van der Waals surface area contributed by atoms with Crippen LogP contribution in [0.3, 0.4) is 0 Å². The minimum Gasteiger partial charge on any atom is -0.496 e. The maximum Gasteiger partial charge on any atom is 0.124 e. The summed E-state index contributed by atoms with van der Waals surface area (Å²) in [4.78, 5) is 0. The molecule has 0 unspecified atom stereocenters. The first-order valence-electron chi connectivity index (χ1n) is 6.21. The molecule has 1 saturated carbocycles. The van der Waals surface area contributed by atoms with Crippen LogP contribution in [0.25, 0.3) is 0 Å². The average molecular weight is 246 g/mol. The predicted molar refractivity (Wildman–Crippen MR) is 69.4 cm³/mol. The van der Waals surface area contributed by atoms with Crippen molar-refractivity contribution < 1.29 is 14.6 Å². The lowest BCUT2D eigenvalue weighted by atomic mass is 9.96. The Morgan fingerprint density at radius 2 is 2.22 bits per heavy atom. The van der Waals surface area contributed by atoms with E-state index in [0.29, 0.717) is 12.7 Å². The molecule has 3 heteroatoms. The monoisotopic (exact) mass is 246 g/mol. The van der Waals surface area contributed by atoms with Crippen molar-refractivity contribution in [1.29, 1.82) is 0 Å². The first kappa shape index (κ1) is 12.9. The number of benzene rings is 1. The molecule has 0 aromatic heterocycles. The fourth-order valence-electron chi connectivity index (χ4n) is 1.86. The van der Waals surface area contributed by atoms with Gasteiger partial charge in [-0.25, -0.2) is 0 Å². The van der Waals surface area contributed by atoms with E-state index in [9.17, 15) is 0 Å². The first-order valence-corrected chi connectivity index (χ1v) is 6.21. The molecule has 0 bridgehead atoms. The van der Waals surface area contributed by atoms with Gasteiger partial charge in [0, 0.05) is 11.1 Å². The highest BCUT2D eigenvalue weighted by Gasteiger charge is 2.18. The van der Waals surface area contributed by atoms with E-state index in [0.717, 1.165) is 29.7 Å². The Morgan fingerprint density at radius 3 is 2.83 bits per heavy atom. The Labute approximate surface area is 108 Å². The molecule has 1 aromatic rings. The summed E-state index contributed by atoms with van der Waals surface area (Å²) in [6, 6.07) is 5.73. The van der Waals surface area contributed by atoms with Crippen molar-refractivity contribution in [3.63, 3.8) is 0 Å². The molecule has 1 aromatic carbocycles. The summed E-state index contributed by atoms with van der Waals surface area (Å²) in [5, 5.41) is 8.69. The summed E-state index contributed by atoms with van der Waals surface area (Å²) in [5.41, 5.74) is 1.88. The minimum atomic E-state index is -0.125. The molecule has 0 aliphatic heterocycles. The molecule has 96 valence electrons. The maximum atomic E-state index is 8.69. The lowest BCUT2D eigenvalue weighted by Gasteiger charge is -2.25. The second-order valence-electron chi connectivity index (χ2n) is 4.35. The highest BCUT2D eigenvalue weighted by molar-refractivity contribution is 5.44. The Hall–Kier alpha value is -1.50. The number of methoxy groups -OCH3 is 1. The van der Waals surface area contributed by atoms with Gasteiger partial charge >= 0.3 is 0 Å². The Morgan fingerprint density at radius 1 is 1.39 bits per heavy atom. The third-order valence-corrected chi connectivity index (χ3v) is 3.12. The fourth-order valence-corrected chi connectivity index (χ4v) is 1.86. The number of aliphatic hydroxyl groups is 1. The van der Waals surface area contributed by atoms with Crippen LogP contribution in [0.1, 0.15) is 30.4 Å². The molecule has 1 N–H and O–H groups in total. The summed E-state index contributed by atoms with van der Waals surface area (Å²) in [7, 11) is 1.65. The molecule has 0 amide bonds. The third kappa shape index (κ3) is 3.25. The summed E-state index contributed by atoms with van der Waals surface area (Å²) >= 11 is 0. The number of rotatable bonds is 4. The molecule has 1 aliphatic rings. The van der Waals surface area contributed by atoms with Crippen LogP contribution in [0.4, 0.5) is 0 Å². The normalized spacial score (nSPS) is 14.6. The fraction of sp³-hybridized carbons (Fsp3) is 0.467. The summed E-state index contributed by atoms with van der Waals surface area (Å²) in [5.74, 6) is 6.35. The summed E-state index contributed by atoms with van der Waals surface area (Å²) in [6.45, 7) is 0.433. The standard InChI is InChI=1S/C15H18O3/c1-17-15-8-7-12(4-3-9-16)10-13(15)11-18-14-5-2-6-14/h7-8,10,14,16H,2,5-6,9,11H2,1H3. The van der Waals surface area contributed by atoms with Gasteiger partial charge in [-0.05, 0) is 37.5 Å². The van der Waals surface area contributed by atoms with Gasteiger partial charge in [0.15, 0.2) is 0 Å². The zero-order valence-corrected chi connectivity index (χ0v) is 10.6. The molecule has 0 spiro atoms. The lowest BCUT2D eigenvalue weighted by molar-refractivity contribution is -0.00934. The van der Waals surface area contributed by atoms with E-state index in [1.165, 1.54) is 6.42 Å². The molecule has 18 heavy (non-hydrogen) atoms. The van der Waals surface area contributed by atoms with E-state index in [4.69, 9.17) is 14.6 Å². The van der Waals surface area contributed by atoms with Crippen LogP contribution in [0.2, 0.25) is 0 Å². The molecule has 0 atom stereocenters.